The van der Waals surface area contributed by atoms with E-state index in [-0.39, 0.29) is 5.11 Å². The molecule has 3 N–H and O–H groups in total. The highest BCUT2D eigenvalue weighted by atomic mass is 79.9. The third kappa shape index (κ3) is 6.90. The largest absolute Gasteiger partial charge is 0.339 e. The van der Waals surface area contributed by atoms with Gasteiger partial charge in [-0.1, -0.05) is 52.5 Å². The molecule has 0 saturated heterocycles. The quantitative estimate of drug-likeness (QED) is 0.208. The van der Waals surface area contributed by atoms with Crippen molar-refractivity contribution in [3.05, 3.63) is 61.5 Å². The molecule has 0 aliphatic carbocycles. The molecule has 28 heavy (non-hydrogen) atoms. The third-order valence-electron chi connectivity index (χ3n) is 3.39. The summed E-state index contributed by atoms with van der Waals surface area (Å²) < 4.78 is -0.296. The number of anilines is 1. The van der Waals surface area contributed by atoms with Gasteiger partial charge in [-0.3, -0.25) is 4.79 Å². The minimum Gasteiger partial charge on any atom is -0.339 e. The molecule has 4 nitrogen and oxygen atoms in total. The molecule has 2 rings (SSSR count). The second-order valence-electron chi connectivity index (χ2n) is 5.66. The van der Waals surface area contributed by atoms with Gasteiger partial charge in [0.1, 0.15) is 6.17 Å². The number of amides is 1. The minimum absolute atomic E-state index is 0.146. The molecule has 1 atom stereocenters. The normalized spacial score (nSPS) is 12.2. The summed E-state index contributed by atoms with van der Waals surface area (Å²) in [5, 5.41) is 8.98. The highest BCUT2D eigenvalue weighted by Crippen LogP contribution is 2.33. The lowest BCUT2D eigenvalue weighted by Crippen LogP contribution is -2.56. The molecule has 0 heterocycles. The summed E-state index contributed by atoms with van der Waals surface area (Å²) in [6.07, 6.45) is -1.10. The van der Waals surface area contributed by atoms with Gasteiger partial charge in [-0.25, -0.2) is 0 Å². The van der Waals surface area contributed by atoms with Crippen LogP contribution in [0.5, 0.6) is 0 Å². The molecule has 0 aliphatic heterocycles. The van der Waals surface area contributed by atoms with E-state index in [9.17, 15) is 4.79 Å². The molecule has 0 bridgehead atoms. The van der Waals surface area contributed by atoms with Crippen LogP contribution in [-0.4, -0.2) is 21.0 Å². The third-order valence-corrected chi connectivity index (χ3v) is 5.75. The van der Waals surface area contributed by atoms with Crippen molar-refractivity contribution in [1.29, 1.82) is 0 Å². The second-order valence-corrected chi connectivity index (χ2v) is 10.6. The topological polar surface area (TPSA) is 53.2 Å². The fourth-order valence-electron chi connectivity index (χ4n) is 2.14. The van der Waals surface area contributed by atoms with Crippen molar-refractivity contribution in [2.24, 2.45) is 0 Å². The monoisotopic (exact) mass is 605 g/mol. The van der Waals surface area contributed by atoms with E-state index in [1.165, 1.54) is 6.07 Å². The summed E-state index contributed by atoms with van der Waals surface area (Å²) in [5.74, 6) is -0.480. The molecule has 0 unspecified atom stereocenters. The summed E-state index contributed by atoms with van der Waals surface area (Å²) >= 11 is 36.2. The van der Waals surface area contributed by atoms with Gasteiger partial charge in [0.25, 0.3) is 5.91 Å². The van der Waals surface area contributed by atoms with Gasteiger partial charge in [-0.15, -0.1) is 0 Å². The zero-order chi connectivity index (χ0) is 21.1. The van der Waals surface area contributed by atoms with Crippen LogP contribution in [-0.2, 0) is 0 Å². The molecule has 1 amide bonds. The van der Waals surface area contributed by atoms with Gasteiger partial charge in [0.05, 0.1) is 5.69 Å². The first-order chi connectivity index (χ1) is 13.0. The number of hydrogen-bond donors (Lipinski definition) is 3. The molecule has 0 spiro atoms. The Morgan fingerprint density at radius 2 is 1.71 bits per heavy atom. The van der Waals surface area contributed by atoms with Crippen LogP contribution in [0.1, 0.15) is 15.9 Å². The lowest BCUT2D eigenvalue weighted by Gasteiger charge is -2.28. The van der Waals surface area contributed by atoms with Gasteiger partial charge >= 0.3 is 0 Å². The number of hydrogen-bond acceptors (Lipinski definition) is 2. The Kier molecular flexibility index (Phi) is 8.70. The molecule has 2 aromatic rings. The van der Waals surface area contributed by atoms with Gasteiger partial charge in [-0.2, -0.15) is 0 Å². The second kappa shape index (κ2) is 10.2. The van der Waals surface area contributed by atoms with Crippen LogP contribution in [0.2, 0.25) is 5.02 Å². The average Bonchev–Trinajstić information content (AvgIpc) is 2.56. The van der Waals surface area contributed by atoms with Crippen molar-refractivity contribution in [2.75, 3.05) is 5.32 Å². The van der Waals surface area contributed by atoms with E-state index in [1.807, 2.05) is 19.1 Å². The molecule has 11 heteroatoms. The SMILES string of the molecule is Cc1cc(Br)c(NC(=S)N[C@H](NC(=O)c2cccc(Cl)c2)C(Cl)(Cl)Cl)c(Br)c1. The van der Waals surface area contributed by atoms with Gasteiger partial charge in [0.2, 0.25) is 3.79 Å². The van der Waals surface area contributed by atoms with Crippen LogP contribution in [0.25, 0.3) is 0 Å². The number of carbonyl (C=O) groups excluding carboxylic acids is 1. The first kappa shape index (κ1) is 24.0. The van der Waals surface area contributed by atoms with E-state index in [0.717, 1.165) is 14.5 Å². The molecule has 0 aliphatic rings. The smallest absolute Gasteiger partial charge is 0.253 e. The molecule has 0 fully saturated rings. The molecule has 0 saturated carbocycles. The maximum absolute atomic E-state index is 12.5. The number of halogens is 6. The molecule has 0 aromatic heterocycles. The Morgan fingerprint density at radius 1 is 1.11 bits per heavy atom. The van der Waals surface area contributed by atoms with E-state index in [2.05, 4.69) is 47.8 Å². The van der Waals surface area contributed by atoms with Crippen molar-refractivity contribution in [1.82, 2.24) is 10.6 Å². The maximum atomic E-state index is 12.5. The van der Waals surface area contributed by atoms with E-state index < -0.39 is 15.9 Å². The number of aryl methyl sites for hydroxylation is 1. The summed E-state index contributed by atoms with van der Waals surface area (Å²) in [6.45, 7) is 1.96. The zero-order valence-corrected chi connectivity index (χ0v) is 21.1. The summed E-state index contributed by atoms with van der Waals surface area (Å²) in [4.78, 5) is 12.5. The number of benzene rings is 2. The van der Waals surface area contributed by atoms with E-state index in [4.69, 9.17) is 58.6 Å². The van der Waals surface area contributed by atoms with Crippen LogP contribution in [0.15, 0.2) is 45.3 Å². The molecule has 150 valence electrons. The van der Waals surface area contributed by atoms with Crippen LogP contribution >= 0.6 is 90.5 Å². The average molecular weight is 609 g/mol. The van der Waals surface area contributed by atoms with Gasteiger partial charge in [0.15, 0.2) is 5.11 Å². The number of alkyl halides is 3. The van der Waals surface area contributed by atoms with Crippen LogP contribution < -0.4 is 16.0 Å². The fraction of sp³-hybridized carbons (Fsp3) is 0.176. The minimum atomic E-state index is -1.87. The zero-order valence-electron chi connectivity index (χ0n) is 14.1. The molecular formula is C17H13Br2Cl4N3OS. The van der Waals surface area contributed by atoms with Crippen molar-refractivity contribution in [3.8, 4) is 0 Å². The number of rotatable bonds is 4. The summed E-state index contributed by atoms with van der Waals surface area (Å²) in [5.41, 5.74) is 2.06. The Hall–Kier alpha value is -0.280. The van der Waals surface area contributed by atoms with Gasteiger partial charge in [0, 0.05) is 19.5 Å². The number of thiocarbonyl (C=S) groups is 1. The summed E-state index contributed by atoms with van der Waals surface area (Å²) in [6, 6.07) is 10.2. The number of carbonyl (C=O) groups is 1. The Balaban J connectivity index is 2.14. The summed E-state index contributed by atoms with van der Waals surface area (Å²) in [7, 11) is 0. The number of nitrogens with one attached hydrogen (secondary N) is 3. The van der Waals surface area contributed by atoms with E-state index in [0.29, 0.717) is 16.3 Å². The predicted octanol–water partition coefficient (Wildman–Crippen LogP) is 6.59. The first-order valence-corrected chi connectivity index (χ1v) is 11.1. The fourth-order valence-corrected chi connectivity index (χ4v) is 4.50. The van der Waals surface area contributed by atoms with Gasteiger partial charge < -0.3 is 16.0 Å². The molecular weight excluding hydrogens is 596 g/mol. The van der Waals surface area contributed by atoms with Crippen molar-refractivity contribution < 1.29 is 4.79 Å². The molecule has 2 aromatic carbocycles. The Bertz CT molecular complexity index is 885. The van der Waals surface area contributed by atoms with Crippen LogP contribution in [0, 0.1) is 6.92 Å². The lowest BCUT2D eigenvalue weighted by atomic mass is 10.2. The highest BCUT2D eigenvalue weighted by Gasteiger charge is 2.35. The lowest BCUT2D eigenvalue weighted by molar-refractivity contribution is 0.0934. The van der Waals surface area contributed by atoms with E-state index in [1.54, 1.807) is 18.2 Å². The highest BCUT2D eigenvalue weighted by molar-refractivity contribution is 9.11. The molecule has 0 radical (unpaired) electrons. The van der Waals surface area contributed by atoms with Crippen molar-refractivity contribution >= 4 is 107 Å². The van der Waals surface area contributed by atoms with Crippen LogP contribution in [0.4, 0.5) is 5.69 Å². The standard InChI is InChI=1S/C17H13Br2Cl4N3OS/c1-8-5-11(18)13(12(19)6-8)24-16(28)26-15(17(21,22)23)25-14(27)9-3-2-4-10(20)7-9/h2-7,15H,1H3,(H,25,27)(H2,24,26,28)/t15-/m0/s1. The Morgan fingerprint density at radius 3 is 2.25 bits per heavy atom. The Labute approximate surface area is 204 Å². The van der Waals surface area contributed by atoms with Crippen molar-refractivity contribution in [3.63, 3.8) is 0 Å². The maximum Gasteiger partial charge on any atom is 0.253 e. The van der Waals surface area contributed by atoms with Crippen molar-refractivity contribution in [2.45, 2.75) is 16.9 Å². The van der Waals surface area contributed by atoms with Gasteiger partial charge in [-0.05, 0) is 86.9 Å². The van der Waals surface area contributed by atoms with Crippen LogP contribution in [0.3, 0.4) is 0 Å². The van der Waals surface area contributed by atoms with E-state index >= 15 is 0 Å². The first-order valence-electron chi connectivity index (χ1n) is 7.63. The predicted molar refractivity (Wildman–Crippen MR) is 129 cm³/mol.